The van der Waals surface area contributed by atoms with Gasteiger partial charge in [0.2, 0.25) is 0 Å². The second kappa shape index (κ2) is 4.51. The number of Topliss-reactive ketones (excluding diaryl/α,β-unsaturated/α-hetero) is 1. The third kappa shape index (κ3) is 2.02. The molecule has 0 bridgehead atoms. The molecule has 2 heterocycles. The van der Waals surface area contributed by atoms with E-state index in [4.69, 9.17) is 4.74 Å². The molecule has 5 heteroatoms. The summed E-state index contributed by atoms with van der Waals surface area (Å²) in [5, 5.41) is 3.17. The van der Waals surface area contributed by atoms with Gasteiger partial charge in [-0.05, 0) is 25.1 Å². The van der Waals surface area contributed by atoms with E-state index in [1.807, 2.05) is 25.1 Å². The highest BCUT2D eigenvalue weighted by Crippen LogP contribution is 2.15. The first kappa shape index (κ1) is 11.4. The van der Waals surface area contributed by atoms with Crippen molar-refractivity contribution in [1.82, 2.24) is 15.3 Å². The largest absolute Gasteiger partial charge is 0.378 e. The maximum Gasteiger partial charge on any atom is 0.182 e. The Balaban J connectivity index is 1.90. The Hall–Kier alpha value is -1.72. The Labute approximate surface area is 105 Å². The fourth-order valence-electron chi connectivity index (χ4n) is 2.23. The van der Waals surface area contributed by atoms with Crippen molar-refractivity contribution in [1.29, 1.82) is 0 Å². The molecule has 18 heavy (non-hydrogen) atoms. The number of carbonyl (C=O) groups excluding carboxylic acids is 1. The minimum absolute atomic E-state index is 0.0730. The summed E-state index contributed by atoms with van der Waals surface area (Å²) < 4.78 is 5.31. The number of aryl methyl sites for hydroxylation is 1. The number of fused-ring (bicyclic) bond motifs is 1. The molecule has 1 fully saturated rings. The highest BCUT2D eigenvalue weighted by molar-refractivity contribution is 6.02. The number of ether oxygens (including phenoxy) is 1. The van der Waals surface area contributed by atoms with Crippen molar-refractivity contribution < 1.29 is 9.53 Å². The SMILES string of the molecule is Cc1nc2ccc(C(=O)C3COCCN3)cc2[nH]1. The zero-order chi connectivity index (χ0) is 12.5. The molecule has 1 aromatic heterocycles. The summed E-state index contributed by atoms with van der Waals surface area (Å²) in [5.41, 5.74) is 2.47. The topological polar surface area (TPSA) is 67.0 Å². The predicted molar refractivity (Wildman–Crippen MR) is 67.8 cm³/mol. The Morgan fingerprint density at radius 1 is 1.50 bits per heavy atom. The van der Waals surface area contributed by atoms with Crippen molar-refractivity contribution in [2.45, 2.75) is 13.0 Å². The molecule has 1 atom stereocenters. The van der Waals surface area contributed by atoms with Gasteiger partial charge in [0.15, 0.2) is 5.78 Å². The minimum Gasteiger partial charge on any atom is -0.378 e. The van der Waals surface area contributed by atoms with Crippen molar-refractivity contribution in [2.75, 3.05) is 19.8 Å². The monoisotopic (exact) mass is 245 g/mol. The lowest BCUT2D eigenvalue weighted by Crippen LogP contribution is -2.46. The van der Waals surface area contributed by atoms with E-state index in [2.05, 4.69) is 15.3 Å². The van der Waals surface area contributed by atoms with Crippen LogP contribution in [0.15, 0.2) is 18.2 Å². The fourth-order valence-corrected chi connectivity index (χ4v) is 2.23. The minimum atomic E-state index is -0.236. The molecule has 0 radical (unpaired) electrons. The molecule has 3 rings (SSSR count). The first-order valence-electron chi connectivity index (χ1n) is 6.06. The van der Waals surface area contributed by atoms with Gasteiger partial charge < -0.3 is 15.0 Å². The van der Waals surface area contributed by atoms with Gasteiger partial charge in [-0.1, -0.05) is 0 Å². The zero-order valence-electron chi connectivity index (χ0n) is 10.2. The average Bonchev–Trinajstić information content (AvgIpc) is 2.78. The number of aromatic nitrogens is 2. The van der Waals surface area contributed by atoms with Gasteiger partial charge in [0.25, 0.3) is 0 Å². The molecule has 1 aromatic carbocycles. The lowest BCUT2D eigenvalue weighted by molar-refractivity contribution is 0.0607. The van der Waals surface area contributed by atoms with E-state index in [0.717, 1.165) is 23.4 Å². The van der Waals surface area contributed by atoms with Gasteiger partial charge in [-0.15, -0.1) is 0 Å². The Morgan fingerprint density at radius 3 is 3.17 bits per heavy atom. The quantitative estimate of drug-likeness (QED) is 0.776. The summed E-state index contributed by atoms with van der Waals surface area (Å²) in [6.07, 6.45) is 0. The van der Waals surface area contributed by atoms with Crippen LogP contribution in [-0.2, 0) is 4.74 Å². The van der Waals surface area contributed by atoms with Crippen molar-refractivity contribution in [3.8, 4) is 0 Å². The molecule has 94 valence electrons. The predicted octanol–water partition coefficient (Wildman–Crippen LogP) is 1.04. The lowest BCUT2D eigenvalue weighted by atomic mass is 10.0. The maximum absolute atomic E-state index is 12.3. The molecule has 1 saturated heterocycles. The summed E-state index contributed by atoms with van der Waals surface area (Å²) in [5.74, 6) is 0.928. The molecule has 1 unspecified atom stereocenters. The first-order valence-corrected chi connectivity index (χ1v) is 6.06. The standard InChI is InChI=1S/C13H15N3O2/c1-8-15-10-3-2-9(6-11(10)16-8)13(17)12-7-18-5-4-14-12/h2-3,6,12,14H,4-5,7H2,1H3,(H,15,16). The maximum atomic E-state index is 12.3. The van der Waals surface area contributed by atoms with Gasteiger partial charge in [0, 0.05) is 12.1 Å². The number of nitrogens with one attached hydrogen (secondary N) is 2. The molecule has 0 spiro atoms. The lowest BCUT2D eigenvalue weighted by Gasteiger charge is -2.22. The van der Waals surface area contributed by atoms with E-state index in [9.17, 15) is 4.79 Å². The van der Waals surface area contributed by atoms with Crippen LogP contribution in [-0.4, -0.2) is 41.6 Å². The Bertz CT molecular complexity index is 585. The van der Waals surface area contributed by atoms with Gasteiger partial charge in [-0.3, -0.25) is 4.79 Å². The summed E-state index contributed by atoms with van der Waals surface area (Å²) >= 11 is 0. The molecule has 1 aliphatic heterocycles. The van der Waals surface area contributed by atoms with Crippen LogP contribution in [0.2, 0.25) is 0 Å². The number of hydrogen-bond acceptors (Lipinski definition) is 4. The average molecular weight is 245 g/mol. The third-order valence-electron chi connectivity index (χ3n) is 3.12. The molecular formula is C13H15N3O2. The summed E-state index contributed by atoms with van der Waals surface area (Å²) in [6.45, 7) is 3.74. The van der Waals surface area contributed by atoms with E-state index < -0.39 is 0 Å². The Morgan fingerprint density at radius 2 is 2.39 bits per heavy atom. The van der Waals surface area contributed by atoms with Gasteiger partial charge in [-0.25, -0.2) is 4.98 Å². The van der Waals surface area contributed by atoms with Crippen LogP contribution in [0.25, 0.3) is 11.0 Å². The molecule has 2 aromatic rings. The molecule has 0 saturated carbocycles. The summed E-state index contributed by atoms with van der Waals surface area (Å²) in [4.78, 5) is 19.7. The number of H-pyrrole nitrogens is 1. The molecule has 0 aliphatic carbocycles. The zero-order valence-corrected chi connectivity index (χ0v) is 10.2. The van der Waals surface area contributed by atoms with Crippen LogP contribution in [0.3, 0.4) is 0 Å². The smallest absolute Gasteiger partial charge is 0.182 e. The second-order valence-corrected chi connectivity index (χ2v) is 4.50. The first-order chi connectivity index (χ1) is 8.74. The van der Waals surface area contributed by atoms with Gasteiger partial charge in [-0.2, -0.15) is 0 Å². The number of ketones is 1. The van der Waals surface area contributed by atoms with Crippen molar-refractivity contribution in [3.05, 3.63) is 29.6 Å². The normalized spacial score (nSPS) is 20.2. The summed E-state index contributed by atoms with van der Waals surface area (Å²) in [6, 6.07) is 5.31. The van der Waals surface area contributed by atoms with Gasteiger partial charge in [0.1, 0.15) is 5.82 Å². The number of benzene rings is 1. The van der Waals surface area contributed by atoms with Crippen molar-refractivity contribution in [2.24, 2.45) is 0 Å². The van der Waals surface area contributed by atoms with E-state index >= 15 is 0 Å². The van der Waals surface area contributed by atoms with E-state index in [0.29, 0.717) is 18.8 Å². The summed E-state index contributed by atoms with van der Waals surface area (Å²) in [7, 11) is 0. The highest BCUT2D eigenvalue weighted by atomic mass is 16.5. The van der Waals surface area contributed by atoms with E-state index in [1.165, 1.54) is 0 Å². The van der Waals surface area contributed by atoms with Crippen LogP contribution in [0.5, 0.6) is 0 Å². The number of rotatable bonds is 2. The Kier molecular flexibility index (Phi) is 2.85. The van der Waals surface area contributed by atoms with Crippen molar-refractivity contribution in [3.63, 3.8) is 0 Å². The number of imidazole rings is 1. The molecule has 5 nitrogen and oxygen atoms in total. The second-order valence-electron chi connectivity index (χ2n) is 4.50. The van der Waals surface area contributed by atoms with Crippen LogP contribution in [0.4, 0.5) is 0 Å². The molecule has 0 amide bonds. The number of carbonyl (C=O) groups is 1. The van der Waals surface area contributed by atoms with E-state index in [-0.39, 0.29) is 11.8 Å². The third-order valence-corrected chi connectivity index (χ3v) is 3.12. The number of morpholine rings is 1. The van der Waals surface area contributed by atoms with Crippen LogP contribution in [0, 0.1) is 6.92 Å². The van der Waals surface area contributed by atoms with Crippen LogP contribution in [0.1, 0.15) is 16.2 Å². The van der Waals surface area contributed by atoms with Gasteiger partial charge >= 0.3 is 0 Å². The van der Waals surface area contributed by atoms with E-state index in [1.54, 1.807) is 0 Å². The van der Waals surface area contributed by atoms with Crippen LogP contribution < -0.4 is 5.32 Å². The molecular weight excluding hydrogens is 230 g/mol. The molecule has 1 aliphatic rings. The van der Waals surface area contributed by atoms with Crippen LogP contribution >= 0.6 is 0 Å². The highest BCUT2D eigenvalue weighted by Gasteiger charge is 2.22. The number of aromatic amines is 1. The molecule has 2 N–H and O–H groups in total. The number of nitrogens with zero attached hydrogens (tertiary/aromatic N) is 1. The van der Waals surface area contributed by atoms with Crippen molar-refractivity contribution >= 4 is 16.8 Å². The fraction of sp³-hybridized carbons (Fsp3) is 0.385. The van der Waals surface area contributed by atoms with Gasteiger partial charge in [0.05, 0.1) is 30.3 Å². The number of hydrogen-bond donors (Lipinski definition) is 2.